The molecule has 8 nitrogen and oxygen atoms in total. The van der Waals surface area contributed by atoms with Crippen LogP contribution >= 0.6 is 0 Å². The van der Waals surface area contributed by atoms with Gasteiger partial charge in [-0.05, 0) is 83.1 Å². The van der Waals surface area contributed by atoms with Gasteiger partial charge < -0.3 is 9.11 Å². The molecule has 0 aliphatic rings. The smallest absolute Gasteiger partial charge is 0.262 e. The Morgan fingerprint density at radius 1 is 0.636 bits per heavy atom. The van der Waals surface area contributed by atoms with Crippen molar-refractivity contribution in [2.75, 3.05) is 0 Å². The molecule has 9 heteroatoms. The monoisotopic (exact) mass is 486 g/mol. The Morgan fingerprint density at radius 3 is 0.970 bits per heavy atom. The normalized spacial score (nSPS) is 13.1. The second-order valence-corrected chi connectivity index (χ2v) is 13.3. The van der Waals surface area contributed by atoms with Gasteiger partial charge in [0, 0.05) is 10.4 Å². The first-order valence-corrected chi connectivity index (χ1v) is 12.4. The van der Waals surface area contributed by atoms with Gasteiger partial charge in [0.2, 0.25) is 0 Å². The predicted octanol–water partition coefficient (Wildman–Crippen LogP) is 3.39. The van der Waals surface area contributed by atoms with E-state index < -0.39 is 10.4 Å². The molecule has 0 spiro atoms. The average Bonchev–Trinajstić information content (AvgIpc) is 3.07. The molecule has 192 valence electrons. The van der Waals surface area contributed by atoms with Crippen LogP contribution in [-0.2, 0) is 46.4 Å². The van der Waals surface area contributed by atoms with Crippen LogP contribution in [0.3, 0.4) is 0 Å². The van der Waals surface area contributed by atoms with Gasteiger partial charge in [0.15, 0.2) is 0 Å². The average molecular weight is 487 g/mol. The molecule has 0 unspecified atom stereocenters. The van der Waals surface area contributed by atoms with Gasteiger partial charge in [0.25, 0.3) is 11.6 Å². The molecule has 2 heterocycles. The first kappa shape index (κ1) is 31.3. The van der Waals surface area contributed by atoms with Crippen molar-refractivity contribution in [3.05, 3.63) is 36.4 Å². The van der Waals surface area contributed by atoms with E-state index in [1.807, 2.05) is 0 Å². The quantitative estimate of drug-likeness (QED) is 0.324. The minimum absolute atomic E-state index is 0.157. The zero-order chi connectivity index (χ0) is 26.8. The standard InChI is InChI=1S/2C12H23N2.H2O4S/c2*1-11(2,3)10-13(7)8-9-14(10)12(4,5)6;1-5(2,3)4/h2*8-9H,1-7H3;(H2,1,2,3,4)/q2*+1;/p-2. The highest BCUT2D eigenvalue weighted by atomic mass is 32.3. The largest absolute Gasteiger partial charge is 0.759 e. The zero-order valence-corrected chi connectivity index (χ0v) is 24.0. The van der Waals surface area contributed by atoms with Crippen molar-refractivity contribution in [3.8, 4) is 0 Å². The van der Waals surface area contributed by atoms with E-state index in [1.54, 1.807) is 0 Å². The second-order valence-electron chi connectivity index (χ2n) is 12.5. The molecule has 0 fully saturated rings. The van der Waals surface area contributed by atoms with Gasteiger partial charge in [-0.15, -0.1) is 0 Å². The summed E-state index contributed by atoms with van der Waals surface area (Å²) in [6, 6.07) is 0. The molecule has 2 aromatic rings. The molecule has 0 aromatic carbocycles. The van der Waals surface area contributed by atoms with Gasteiger partial charge in [-0.2, -0.15) is 0 Å². The Balaban J connectivity index is 0.000000517. The highest BCUT2D eigenvalue weighted by molar-refractivity contribution is 7.79. The van der Waals surface area contributed by atoms with Gasteiger partial charge in [-0.1, -0.05) is 0 Å². The van der Waals surface area contributed by atoms with Crippen molar-refractivity contribution in [1.82, 2.24) is 9.13 Å². The number of aromatic nitrogens is 4. The van der Waals surface area contributed by atoms with Crippen LogP contribution < -0.4 is 9.13 Å². The van der Waals surface area contributed by atoms with E-state index in [1.165, 1.54) is 11.6 Å². The lowest BCUT2D eigenvalue weighted by Crippen LogP contribution is -2.42. The minimum atomic E-state index is -5.17. The molecule has 2 aromatic heterocycles. The molecule has 0 amide bonds. The Hall–Kier alpha value is -1.71. The minimum Gasteiger partial charge on any atom is -0.759 e. The summed E-state index contributed by atoms with van der Waals surface area (Å²) in [6.07, 6.45) is 8.60. The third-order valence-electron chi connectivity index (χ3n) is 4.79. The van der Waals surface area contributed by atoms with Crippen LogP contribution in [0.4, 0.5) is 0 Å². The molecule has 0 bridgehead atoms. The number of nitrogens with zero attached hydrogens (tertiary/aromatic N) is 4. The van der Waals surface area contributed by atoms with Crippen molar-refractivity contribution < 1.29 is 26.7 Å². The van der Waals surface area contributed by atoms with Crippen LogP contribution in [0, 0.1) is 0 Å². The Morgan fingerprint density at radius 2 is 0.848 bits per heavy atom. The van der Waals surface area contributed by atoms with Gasteiger partial charge in [-0.3, -0.25) is 8.42 Å². The van der Waals surface area contributed by atoms with E-state index in [0.717, 1.165) is 0 Å². The van der Waals surface area contributed by atoms with Crippen molar-refractivity contribution in [2.45, 2.75) is 105 Å². The number of aryl methyl sites for hydroxylation is 2. The maximum Gasteiger partial charge on any atom is 0.262 e. The molecular formula is C24H46N4O4S. The van der Waals surface area contributed by atoms with Gasteiger partial charge in [0.05, 0.1) is 24.9 Å². The second kappa shape index (κ2) is 10.3. The van der Waals surface area contributed by atoms with Crippen LogP contribution in [0.1, 0.15) is 94.7 Å². The summed E-state index contributed by atoms with van der Waals surface area (Å²) < 4.78 is 43.2. The van der Waals surface area contributed by atoms with Crippen LogP contribution in [0.2, 0.25) is 0 Å². The van der Waals surface area contributed by atoms with Gasteiger partial charge >= 0.3 is 0 Å². The van der Waals surface area contributed by atoms with E-state index in [2.05, 4.69) is 140 Å². The summed E-state index contributed by atoms with van der Waals surface area (Å²) >= 11 is 0. The van der Waals surface area contributed by atoms with Gasteiger partial charge in [0.1, 0.15) is 35.9 Å². The highest BCUT2D eigenvalue weighted by Crippen LogP contribution is 2.25. The third-order valence-corrected chi connectivity index (χ3v) is 4.79. The molecule has 0 aliphatic carbocycles. The SMILES string of the molecule is C[n+]1ccn(C(C)(C)C)c1C(C)(C)C.C[n+]1ccn(C(C)(C)C)c1C(C)(C)C.O=S(=O)([O-])[O-]. The molecule has 2 rings (SSSR count). The van der Waals surface area contributed by atoms with Gasteiger partial charge in [-0.25, -0.2) is 18.3 Å². The molecule has 0 saturated carbocycles. The van der Waals surface area contributed by atoms with Crippen molar-refractivity contribution in [2.24, 2.45) is 14.1 Å². The highest BCUT2D eigenvalue weighted by Gasteiger charge is 2.34. The Kier molecular flexibility index (Phi) is 9.74. The van der Waals surface area contributed by atoms with Crippen LogP contribution in [0.5, 0.6) is 0 Å². The maximum atomic E-state index is 8.52. The first-order chi connectivity index (χ1) is 14.3. The van der Waals surface area contributed by atoms with Crippen molar-refractivity contribution >= 4 is 10.4 Å². The predicted molar refractivity (Wildman–Crippen MR) is 129 cm³/mol. The zero-order valence-electron chi connectivity index (χ0n) is 23.1. The van der Waals surface area contributed by atoms with Crippen molar-refractivity contribution in [1.29, 1.82) is 0 Å². The summed E-state index contributed by atoms with van der Waals surface area (Å²) in [5.74, 6) is 2.73. The summed E-state index contributed by atoms with van der Waals surface area (Å²) in [5, 5.41) is 0. The summed E-state index contributed by atoms with van der Waals surface area (Å²) in [5.41, 5.74) is 0.685. The summed E-state index contributed by atoms with van der Waals surface area (Å²) in [6.45, 7) is 27.0. The number of hydrogen-bond acceptors (Lipinski definition) is 4. The lowest BCUT2D eigenvalue weighted by Gasteiger charge is -2.23. The van der Waals surface area contributed by atoms with Crippen LogP contribution in [0.25, 0.3) is 0 Å². The van der Waals surface area contributed by atoms with E-state index >= 15 is 0 Å². The van der Waals surface area contributed by atoms with E-state index in [-0.39, 0.29) is 21.9 Å². The summed E-state index contributed by atoms with van der Waals surface area (Å²) in [7, 11) is -0.939. The molecule has 0 atom stereocenters. The van der Waals surface area contributed by atoms with E-state index in [9.17, 15) is 0 Å². The van der Waals surface area contributed by atoms with E-state index in [0.29, 0.717) is 0 Å². The summed E-state index contributed by atoms with van der Waals surface area (Å²) in [4.78, 5) is 0. The maximum absolute atomic E-state index is 8.52. The fourth-order valence-electron chi connectivity index (χ4n) is 3.82. The lowest BCUT2D eigenvalue weighted by atomic mass is 9.94. The molecule has 0 aliphatic heterocycles. The molecule has 0 saturated heterocycles. The number of hydrogen-bond donors (Lipinski definition) is 0. The molecule has 0 N–H and O–H groups in total. The fourth-order valence-corrected chi connectivity index (χ4v) is 3.82. The third kappa shape index (κ3) is 10.4. The first-order valence-electron chi connectivity index (χ1n) is 11.1. The van der Waals surface area contributed by atoms with Crippen molar-refractivity contribution in [3.63, 3.8) is 0 Å². The number of imidazole rings is 2. The van der Waals surface area contributed by atoms with E-state index in [4.69, 9.17) is 17.5 Å². The molecule has 0 radical (unpaired) electrons. The molecule has 33 heavy (non-hydrogen) atoms. The van der Waals surface area contributed by atoms with Crippen LogP contribution in [-0.4, -0.2) is 26.7 Å². The Labute approximate surface area is 201 Å². The lowest BCUT2D eigenvalue weighted by molar-refractivity contribution is -0.682. The molecular weight excluding hydrogens is 440 g/mol. The van der Waals surface area contributed by atoms with Crippen LogP contribution in [0.15, 0.2) is 24.8 Å². The topological polar surface area (TPSA) is 97.9 Å². The number of rotatable bonds is 0. The Bertz CT molecular complexity index is 931. The fraction of sp³-hybridized carbons (Fsp3) is 0.750.